The summed E-state index contributed by atoms with van der Waals surface area (Å²) in [5, 5.41) is 9.31. The molecule has 1 amide bonds. The van der Waals surface area contributed by atoms with Gasteiger partial charge in [-0.15, -0.1) is 0 Å². The van der Waals surface area contributed by atoms with E-state index in [2.05, 4.69) is 20.4 Å². The Morgan fingerprint density at radius 1 is 1.62 bits per heavy atom. The number of hydrogen-bond donors (Lipinski definition) is 3. The van der Waals surface area contributed by atoms with Gasteiger partial charge in [-0.1, -0.05) is 0 Å². The van der Waals surface area contributed by atoms with E-state index in [1.807, 2.05) is 0 Å². The number of carbonyl (C=O) groups is 1. The van der Waals surface area contributed by atoms with Crippen molar-refractivity contribution in [3.8, 4) is 0 Å². The molecule has 0 bridgehead atoms. The highest BCUT2D eigenvalue weighted by atomic mass is 16.1. The van der Waals surface area contributed by atoms with E-state index >= 15 is 0 Å². The van der Waals surface area contributed by atoms with Gasteiger partial charge in [0, 0.05) is 26.1 Å². The van der Waals surface area contributed by atoms with Crippen LogP contribution in [0.25, 0.3) is 0 Å². The van der Waals surface area contributed by atoms with Crippen molar-refractivity contribution in [1.29, 1.82) is 0 Å². The lowest BCUT2D eigenvalue weighted by molar-refractivity contribution is -0.125. The highest BCUT2D eigenvalue weighted by Gasteiger charge is 2.25. The lowest BCUT2D eigenvalue weighted by atomic mass is 9.96. The van der Waals surface area contributed by atoms with Gasteiger partial charge in [-0.3, -0.25) is 9.89 Å². The number of hydrogen-bond acceptors (Lipinski definition) is 4. The molecule has 0 unspecified atom stereocenters. The monoisotopic (exact) mass is 223 g/mol. The molecule has 0 aromatic carbocycles. The van der Waals surface area contributed by atoms with E-state index in [0.717, 1.165) is 31.6 Å². The normalized spacial score (nSPS) is 17.4. The first kappa shape index (κ1) is 10.8. The van der Waals surface area contributed by atoms with E-state index in [1.165, 1.54) is 0 Å². The van der Waals surface area contributed by atoms with Crippen molar-refractivity contribution in [3.63, 3.8) is 0 Å². The lowest BCUT2D eigenvalue weighted by Gasteiger charge is -2.32. The second-order valence-electron chi connectivity index (χ2n) is 4.04. The number of nitrogens with zero attached hydrogens (tertiary/aromatic N) is 2. The van der Waals surface area contributed by atoms with Crippen molar-refractivity contribution < 1.29 is 4.79 Å². The average Bonchev–Trinajstić information content (AvgIpc) is 2.75. The number of H-pyrrole nitrogens is 1. The van der Waals surface area contributed by atoms with Crippen molar-refractivity contribution >= 4 is 17.4 Å². The molecule has 0 saturated carbocycles. The van der Waals surface area contributed by atoms with E-state index in [9.17, 15) is 4.79 Å². The van der Waals surface area contributed by atoms with E-state index in [-0.39, 0.29) is 11.8 Å². The maximum Gasteiger partial charge on any atom is 0.222 e. The van der Waals surface area contributed by atoms with Crippen LogP contribution in [0.4, 0.5) is 11.5 Å². The molecule has 0 aliphatic carbocycles. The number of nitrogens with two attached hydrogens (primary N) is 1. The molecule has 1 aromatic rings. The Labute approximate surface area is 94.2 Å². The second kappa shape index (κ2) is 4.42. The molecule has 1 aliphatic heterocycles. The van der Waals surface area contributed by atoms with Crippen molar-refractivity contribution in [2.45, 2.75) is 12.8 Å². The minimum absolute atomic E-state index is 0.134. The van der Waals surface area contributed by atoms with Gasteiger partial charge in [-0.05, 0) is 12.8 Å². The minimum Gasteiger partial charge on any atom is -0.382 e. The molecular formula is C10H17N5O. The molecule has 1 saturated heterocycles. The van der Waals surface area contributed by atoms with Gasteiger partial charge in [0.25, 0.3) is 0 Å². The van der Waals surface area contributed by atoms with Gasteiger partial charge in [-0.2, -0.15) is 5.10 Å². The summed E-state index contributed by atoms with van der Waals surface area (Å²) in [6.45, 7) is 1.70. The molecule has 0 radical (unpaired) electrons. The summed E-state index contributed by atoms with van der Waals surface area (Å²) in [6.07, 6.45) is 3.46. The summed E-state index contributed by atoms with van der Waals surface area (Å²) in [5.41, 5.74) is 6.69. The van der Waals surface area contributed by atoms with Gasteiger partial charge in [-0.25, -0.2) is 0 Å². The Morgan fingerprint density at radius 2 is 2.31 bits per heavy atom. The summed E-state index contributed by atoms with van der Waals surface area (Å²) in [4.78, 5) is 13.6. The number of rotatable bonds is 2. The molecule has 16 heavy (non-hydrogen) atoms. The molecule has 0 spiro atoms. The third-order valence-electron chi connectivity index (χ3n) is 3.10. The molecular weight excluding hydrogens is 206 g/mol. The number of anilines is 2. The number of amides is 1. The number of aromatic amines is 1. The smallest absolute Gasteiger partial charge is 0.222 e. The fourth-order valence-electron chi connectivity index (χ4n) is 2.13. The van der Waals surface area contributed by atoms with Gasteiger partial charge in [0.1, 0.15) is 5.82 Å². The van der Waals surface area contributed by atoms with E-state index in [4.69, 9.17) is 5.73 Å². The molecule has 88 valence electrons. The molecule has 0 atom stereocenters. The van der Waals surface area contributed by atoms with Gasteiger partial charge < -0.3 is 16.0 Å². The predicted octanol–water partition coefficient (Wildman–Crippen LogP) is -0.0457. The maximum absolute atomic E-state index is 11.5. The minimum atomic E-state index is 0.134. The Bertz CT molecular complexity index is 367. The van der Waals surface area contributed by atoms with E-state index in [1.54, 1.807) is 13.2 Å². The third-order valence-corrected chi connectivity index (χ3v) is 3.10. The van der Waals surface area contributed by atoms with Crippen LogP contribution in [0.2, 0.25) is 0 Å². The quantitative estimate of drug-likeness (QED) is 0.656. The van der Waals surface area contributed by atoms with Gasteiger partial charge in [0.2, 0.25) is 5.91 Å². The summed E-state index contributed by atoms with van der Waals surface area (Å²) in [6, 6.07) is 0. The fraction of sp³-hybridized carbons (Fsp3) is 0.600. The first-order valence-corrected chi connectivity index (χ1v) is 5.47. The van der Waals surface area contributed by atoms with Crippen molar-refractivity contribution in [1.82, 2.24) is 15.5 Å². The zero-order chi connectivity index (χ0) is 11.5. The second-order valence-corrected chi connectivity index (χ2v) is 4.04. The third kappa shape index (κ3) is 1.95. The Hall–Kier alpha value is -1.72. The molecule has 1 fully saturated rings. The number of nitrogen functional groups attached to an aromatic ring is 1. The van der Waals surface area contributed by atoms with Crippen LogP contribution in [0, 0.1) is 5.92 Å². The lowest BCUT2D eigenvalue weighted by Crippen LogP contribution is -2.39. The topological polar surface area (TPSA) is 87.0 Å². The Morgan fingerprint density at radius 3 is 2.81 bits per heavy atom. The fourth-order valence-corrected chi connectivity index (χ4v) is 2.13. The van der Waals surface area contributed by atoms with Crippen molar-refractivity contribution in [3.05, 3.63) is 6.20 Å². The first-order valence-electron chi connectivity index (χ1n) is 5.47. The van der Waals surface area contributed by atoms with Gasteiger partial charge in [0.15, 0.2) is 0 Å². The molecule has 2 rings (SSSR count). The maximum atomic E-state index is 11.5. The summed E-state index contributed by atoms with van der Waals surface area (Å²) < 4.78 is 0. The molecule has 1 aromatic heterocycles. The molecule has 4 N–H and O–H groups in total. The number of piperidine rings is 1. The number of carbonyl (C=O) groups excluding carboxylic acids is 1. The van der Waals surface area contributed by atoms with Crippen LogP contribution < -0.4 is 16.0 Å². The Balaban J connectivity index is 1.95. The predicted molar refractivity (Wildman–Crippen MR) is 62.0 cm³/mol. The molecule has 1 aliphatic rings. The summed E-state index contributed by atoms with van der Waals surface area (Å²) >= 11 is 0. The molecule has 6 heteroatoms. The van der Waals surface area contributed by atoms with E-state index in [0.29, 0.717) is 5.82 Å². The zero-order valence-electron chi connectivity index (χ0n) is 9.36. The summed E-state index contributed by atoms with van der Waals surface area (Å²) in [5.74, 6) is 0.868. The van der Waals surface area contributed by atoms with Crippen molar-refractivity contribution in [2.24, 2.45) is 5.92 Å². The van der Waals surface area contributed by atoms with Gasteiger partial charge in [0.05, 0.1) is 11.9 Å². The molecule has 2 heterocycles. The van der Waals surface area contributed by atoms with Crippen LogP contribution in [-0.2, 0) is 4.79 Å². The highest BCUT2D eigenvalue weighted by molar-refractivity contribution is 5.78. The standard InChI is InChI=1S/C10H17N5O/c1-12-10(16)7-2-4-15(5-3-7)8-6-13-14-9(8)11/h6-7H,2-5H2,1H3,(H,12,16)(H3,11,13,14). The van der Waals surface area contributed by atoms with E-state index < -0.39 is 0 Å². The SMILES string of the molecule is CNC(=O)C1CCN(c2cn[nH]c2N)CC1. The number of nitrogens with one attached hydrogen (secondary N) is 2. The van der Waals surface area contributed by atoms with Crippen LogP contribution in [0.15, 0.2) is 6.20 Å². The highest BCUT2D eigenvalue weighted by Crippen LogP contribution is 2.26. The van der Waals surface area contributed by atoms with Crippen molar-refractivity contribution in [2.75, 3.05) is 30.8 Å². The van der Waals surface area contributed by atoms with Gasteiger partial charge >= 0.3 is 0 Å². The van der Waals surface area contributed by atoms with Crippen LogP contribution in [-0.4, -0.2) is 36.2 Å². The number of aromatic nitrogens is 2. The Kier molecular flexibility index (Phi) is 2.98. The summed E-state index contributed by atoms with van der Waals surface area (Å²) in [7, 11) is 1.68. The zero-order valence-corrected chi connectivity index (χ0v) is 9.36. The van der Waals surface area contributed by atoms with Crippen LogP contribution >= 0.6 is 0 Å². The van der Waals surface area contributed by atoms with Crippen LogP contribution in [0.5, 0.6) is 0 Å². The van der Waals surface area contributed by atoms with Crippen LogP contribution in [0.3, 0.4) is 0 Å². The first-order chi connectivity index (χ1) is 7.72. The van der Waals surface area contributed by atoms with Crippen LogP contribution in [0.1, 0.15) is 12.8 Å². The molecule has 6 nitrogen and oxygen atoms in total. The largest absolute Gasteiger partial charge is 0.382 e. The average molecular weight is 223 g/mol.